The van der Waals surface area contributed by atoms with Crippen molar-refractivity contribution in [3.8, 4) is 0 Å². The van der Waals surface area contributed by atoms with Crippen LogP contribution in [0.3, 0.4) is 0 Å². The molecule has 0 heterocycles. The summed E-state index contributed by atoms with van der Waals surface area (Å²) in [5, 5.41) is 16.6. The van der Waals surface area contributed by atoms with Crippen molar-refractivity contribution in [3.63, 3.8) is 0 Å². The molecule has 1 N–H and O–H groups in total. The first kappa shape index (κ1) is 16.1. The van der Waals surface area contributed by atoms with Crippen LogP contribution < -0.4 is 0 Å². The van der Waals surface area contributed by atoms with Gasteiger partial charge in [0.25, 0.3) is 6.29 Å². The highest BCUT2D eigenvalue weighted by Gasteiger charge is 2.16. The van der Waals surface area contributed by atoms with Gasteiger partial charge in [-0.25, -0.2) is 4.79 Å². The minimum atomic E-state index is -1.03. The zero-order valence-corrected chi connectivity index (χ0v) is 11.2. The van der Waals surface area contributed by atoms with Gasteiger partial charge in [0.1, 0.15) is 6.04 Å². The number of carboxylic acids is 1. The van der Waals surface area contributed by atoms with Crippen LogP contribution in [0.4, 0.5) is 0 Å². The highest BCUT2D eigenvalue weighted by molar-refractivity contribution is 5.72. The van der Waals surface area contributed by atoms with Gasteiger partial charge in [-0.05, 0) is 12.1 Å². The van der Waals surface area contributed by atoms with Gasteiger partial charge in [-0.3, -0.25) is 9.80 Å². The first-order valence-corrected chi connectivity index (χ1v) is 5.48. The molecule has 0 aliphatic carbocycles. The Morgan fingerprint density at radius 3 is 2.22 bits per heavy atom. The monoisotopic (exact) mass is 261 g/mol. The van der Waals surface area contributed by atoms with Gasteiger partial charge in [0.15, 0.2) is 0 Å². The third-order valence-corrected chi connectivity index (χ3v) is 2.04. The highest BCUT2D eigenvalue weighted by atomic mass is 16.8. The van der Waals surface area contributed by atoms with Gasteiger partial charge < -0.3 is 14.7 Å². The predicted octanol–water partition coefficient (Wildman–Crippen LogP) is 1.24. The van der Waals surface area contributed by atoms with Crippen molar-refractivity contribution in [1.29, 1.82) is 0 Å². The van der Waals surface area contributed by atoms with Crippen molar-refractivity contribution in [1.82, 2.24) is 5.01 Å². The van der Waals surface area contributed by atoms with E-state index in [0.717, 1.165) is 5.01 Å². The van der Waals surface area contributed by atoms with Crippen molar-refractivity contribution in [2.45, 2.75) is 40.0 Å². The molecule has 0 bridgehead atoms. The van der Waals surface area contributed by atoms with E-state index >= 15 is 0 Å². The van der Waals surface area contributed by atoms with Crippen LogP contribution in [0.25, 0.3) is 0 Å². The average molecular weight is 261 g/mol. The van der Waals surface area contributed by atoms with E-state index < -0.39 is 24.3 Å². The maximum atomic E-state index is 11.2. The lowest BCUT2D eigenvalue weighted by atomic mass is 10.2. The molecule has 0 rings (SSSR count). The van der Waals surface area contributed by atoms with Crippen molar-refractivity contribution in [3.05, 3.63) is 0 Å². The standard InChI is InChI=1S/C10H19N3O5/c1-6(2)10(16)17-8(4)18-12-11-13(5)7(3)9(14)15/h6-8H,1-5H3,(H,14,15)/b12-11-/t7-,8?/m0/s1. The Bertz CT molecular complexity index is 319. The predicted molar refractivity (Wildman–Crippen MR) is 61.2 cm³/mol. The van der Waals surface area contributed by atoms with E-state index in [2.05, 4.69) is 10.5 Å². The lowest BCUT2D eigenvalue weighted by molar-refractivity contribution is -0.181. The van der Waals surface area contributed by atoms with Crippen molar-refractivity contribution in [2.75, 3.05) is 7.05 Å². The van der Waals surface area contributed by atoms with Crippen LogP contribution in [0.5, 0.6) is 0 Å². The van der Waals surface area contributed by atoms with Gasteiger partial charge in [-0.2, -0.15) is 0 Å². The molecular weight excluding hydrogens is 242 g/mol. The Morgan fingerprint density at radius 1 is 1.22 bits per heavy atom. The Kier molecular flexibility index (Phi) is 6.69. The van der Waals surface area contributed by atoms with Crippen LogP contribution in [0, 0.1) is 5.92 Å². The van der Waals surface area contributed by atoms with Gasteiger partial charge in [0.2, 0.25) is 0 Å². The molecule has 2 atom stereocenters. The lowest BCUT2D eigenvalue weighted by Gasteiger charge is -2.16. The smallest absolute Gasteiger partial charge is 0.327 e. The van der Waals surface area contributed by atoms with E-state index in [1.165, 1.54) is 20.9 Å². The molecule has 0 amide bonds. The molecule has 8 nitrogen and oxygen atoms in total. The summed E-state index contributed by atoms with van der Waals surface area (Å²) in [4.78, 5) is 26.5. The summed E-state index contributed by atoms with van der Waals surface area (Å²) in [5.41, 5.74) is 0. The second kappa shape index (κ2) is 7.46. The number of carbonyl (C=O) groups excluding carboxylic acids is 1. The molecule has 8 heteroatoms. The number of ether oxygens (including phenoxy) is 1. The molecule has 0 fully saturated rings. The molecule has 1 unspecified atom stereocenters. The minimum Gasteiger partial charge on any atom is -0.480 e. The number of carbonyl (C=O) groups is 2. The summed E-state index contributed by atoms with van der Waals surface area (Å²) in [6, 6.07) is -0.828. The number of rotatable bonds is 7. The zero-order chi connectivity index (χ0) is 14.3. The van der Waals surface area contributed by atoms with Crippen molar-refractivity contribution in [2.24, 2.45) is 16.4 Å². The Labute approximate surface area is 105 Å². The van der Waals surface area contributed by atoms with Gasteiger partial charge in [0, 0.05) is 19.2 Å². The summed E-state index contributed by atoms with van der Waals surface area (Å²) in [6.45, 7) is 6.32. The molecule has 0 aromatic rings. The Morgan fingerprint density at radius 2 is 1.78 bits per heavy atom. The number of esters is 1. The van der Waals surface area contributed by atoms with E-state index in [1.54, 1.807) is 13.8 Å². The van der Waals surface area contributed by atoms with E-state index in [-0.39, 0.29) is 5.92 Å². The molecule has 0 aliphatic heterocycles. The number of aliphatic carboxylic acids is 1. The fourth-order valence-electron chi connectivity index (χ4n) is 0.704. The van der Waals surface area contributed by atoms with Crippen molar-refractivity contribution < 1.29 is 24.3 Å². The number of nitrogens with zero attached hydrogens (tertiary/aromatic N) is 3. The molecular formula is C10H19N3O5. The lowest BCUT2D eigenvalue weighted by Crippen LogP contribution is -2.31. The molecule has 0 aromatic carbocycles. The summed E-state index contributed by atoms with van der Waals surface area (Å²) in [7, 11) is 1.44. The van der Waals surface area contributed by atoms with Gasteiger partial charge in [-0.1, -0.05) is 13.8 Å². The molecule has 18 heavy (non-hydrogen) atoms. The second-order valence-electron chi connectivity index (χ2n) is 4.02. The summed E-state index contributed by atoms with van der Waals surface area (Å²) >= 11 is 0. The van der Waals surface area contributed by atoms with Crippen molar-refractivity contribution >= 4 is 11.9 Å². The van der Waals surface area contributed by atoms with Gasteiger partial charge in [-0.15, -0.1) is 0 Å². The largest absolute Gasteiger partial charge is 0.480 e. The zero-order valence-electron chi connectivity index (χ0n) is 11.2. The SMILES string of the molecule is CC(O/N=N\N(C)[C@@H](C)C(=O)O)OC(=O)C(C)C. The third-order valence-electron chi connectivity index (χ3n) is 2.04. The molecule has 0 aromatic heterocycles. The summed E-state index contributed by atoms with van der Waals surface area (Å²) < 4.78 is 4.85. The normalized spacial score (nSPS) is 14.3. The molecule has 104 valence electrons. The van der Waals surface area contributed by atoms with E-state index in [1.807, 2.05) is 0 Å². The Hall–Kier alpha value is -1.86. The summed E-state index contributed by atoms with van der Waals surface area (Å²) in [6.07, 6.45) is -0.878. The van der Waals surface area contributed by atoms with E-state index in [0.29, 0.717) is 0 Å². The van der Waals surface area contributed by atoms with Crippen LogP contribution >= 0.6 is 0 Å². The maximum absolute atomic E-state index is 11.2. The minimum absolute atomic E-state index is 0.261. The summed E-state index contributed by atoms with van der Waals surface area (Å²) in [5.74, 6) is -1.71. The van der Waals surface area contributed by atoms with Crippen LogP contribution in [-0.2, 0) is 19.2 Å². The fraction of sp³-hybridized carbons (Fsp3) is 0.800. The molecule has 0 radical (unpaired) electrons. The quantitative estimate of drug-likeness (QED) is 0.320. The molecule has 0 saturated carbocycles. The maximum Gasteiger partial charge on any atom is 0.327 e. The van der Waals surface area contributed by atoms with Gasteiger partial charge >= 0.3 is 11.9 Å². The number of hydrogen-bond acceptors (Lipinski definition) is 6. The van der Waals surface area contributed by atoms with Gasteiger partial charge in [0.05, 0.1) is 5.92 Å². The second-order valence-corrected chi connectivity index (χ2v) is 4.02. The van der Waals surface area contributed by atoms with E-state index in [4.69, 9.17) is 14.7 Å². The third kappa shape index (κ3) is 6.02. The number of hydrogen-bond donors (Lipinski definition) is 1. The molecule has 0 spiro atoms. The first-order chi connectivity index (χ1) is 8.25. The van der Waals surface area contributed by atoms with Crippen LogP contribution in [-0.4, -0.2) is 41.4 Å². The number of likely N-dealkylation sites (N-methyl/N-ethyl adjacent to an activating group) is 1. The Balaban J connectivity index is 4.08. The highest BCUT2D eigenvalue weighted by Crippen LogP contribution is 2.03. The average Bonchev–Trinajstić information content (AvgIpc) is 2.27. The fourth-order valence-corrected chi connectivity index (χ4v) is 0.704. The molecule has 0 aliphatic rings. The van der Waals surface area contributed by atoms with Crippen LogP contribution in [0.1, 0.15) is 27.7 Å². The topological polar surface area (TPSA) is 101 Å². The first-order valence-electron chi connectivity index (χ1n) is 5.48. The molecule has 0 saturated heterocycles. The van der Waals surface area contributed by atoms with E-state index in [9.17, 15) is 9.59 Å². The van der Waals surface area contributed by atoms with Crippen LogP contribution in [0.2, 0.25) is 0 Å². The number of carboxylic acid groups (broad SMARTS) is 1. The van der Waals surface area contributed by atoms with Crippen LogP contribution in [0.15, 0.2) is 10.5 Å².